The number of fused-ring (bicyclic) bond motifs is 1. The molecule has 0 saturated carbocycles. The van der Waals surface area contributed by atoms with E-state index < -0.39 is 0 Å². The van der Waals surface area contributed by atoms with Crippen LogP contribution in [0, 0.1) is 13.8 Å². The minimum absolute atomic E-state index is 0.459. The molecule has 0 fully saturated rings. The van der Waals surface area contributed by atoms with Gasteiger partial charge in [0, 0.05) is 12.1 Å². The average Bonchev–Trinajstić information content (AvgIpc) is 2.73. The fourth-order valence-electron chi connectivity index (χ4n) is 2.69. The molecule has 0 aliphatic carbocycles. The summed E-state index contributed by atoms with van der Waals surface area (Å²) < 4.78 is 2.30. The van der Waals surface area contributed by atoms with Gasteiger partial charge in [0.05, 0.1) is 17.4 Å². The van der Waals surface area contributed by atoms with Gasteiger partial charge in [0.15, 0.2) is 0 Å². The number of benzene rings is 1. The highest BCUT2D eigenvalue weighted by Crippen LogP contribution is 2.23. The fraction of sp³-hybridized carbons (Fsp3) is 0.562. The minimum atomic E-state index is 0.459. The second-order valence-corrected chi connectivity index (χ2v) is 5.62. The van der Waals surface area contributed by atoms with Crippen LogP contribution in [0.25, 0.3) is 11.0 Å². The van der Waals surface area contributed by atoms with Crippen molar-refractivity contribution < 1.29 is 0 Å². The number of hydrogen-bond acceptors (Lipinski definition) is 2. The highest BCUT2D eigenvalue weighted by molar-refractivity contribution is 5.77. The summed E-state index contributed by atoms with van der Waals surface area (Å²) in [6.45, 7) is 12.0. The Morgan fingerprint density at radius 1 is 1.21 bits per heavy atom. The smallest absolute Gasteiger partial charge is 0.0960 e. The van der Waals surface area contributed by atoms with Crippen LogP contribution in [0.3, 0.4) is 0 Å². The maximum Gasteiger partial charge on any atom is 0.0960 e. The first-order chi connectivity index (χ1) is 9.02. The van der Waals surface area contributed by atoms with E-state index in [2.05, 4.69) is 61.6 Å². The quantitative estimate of drug-likeness (QED) is 0.889. The van der Waals surface area contributed by atoms with Crippen molar-refractivity contribution in [2.45, 2.75) is 53.1 Å². The molecule has 1 aromatic carbocycles. The van der Waals surface area contributed by atoms with Gasteiger partial charge in [-0.25, -0.2) is 4.98 Å². The normalized spacial score (nSPS) is 14.8. The fourth-order valence-corrected chi connectivity index (χ4v) is 2.69. The maximum atomic E-state index is 4.54. The largest absolute Gasteiger partial charge is 0.328 e. The van der Waals surface area contributed by atoms with Crippen LogP contribution in [-0.4, -0.2) is 22.1 Å². The molecule has 2 unspecified atom stereocenters. The molecule has 3 heteroatoms. The first kappa shape index (κ1) is 14.1. The Labute approximate surface area is 116 Å². The molecule has 0 bridgehead atoms. The molecular formula is C16H25N3. The van der Waals surface area contributed by atoms with Gasteiger partial charge in [-0.05, 0) is 63.9 Å². The maximum absolute atomic E-state index is 4.54. The molecule has 3 nitrogen and oxygen atoms in total. The van der Waals surface area contributed by atoms with Crippen molar-refractivity contribution in [3.8, 4) is 0 Å². The van der Waals surface area contributed by atoms with Crippen LogP contribution in [0.5, 0.6) is 0 Å². The molecule has 2 rings (SSSR count). The van der Waals surface area contributed by atoms with Crippen molar-refractivity contribution in [3.05, 3.63) is 29.6 Å². The Bertz CT molecular complexity index is 556. The standard InChI is InChI=1S/C16H25N3/c1-6-17-13(4)9-14(5)19-10-18-15-7-11(2)12(3)8-16(15)19/h7-8,10,13-14,17H,6,9H2,1-5H3. The number of hydrogen-bond donors (Lipinski definition) is 1. The highest BCUT2D eigenvalue weighted by atomic mass is 15.1. The predicted octanol–water partition coefficient (Wildman–Crippen LogP) is 3.60. The monoisotopic (exact) mass is 259 g/mol. The second-order valence-electron chi connectivity index (χ2n) is 5.62. The third kappa shape index (κ3) is 2.98. The number of imidazole rings is 1. The Hall–Kier alpha value is -1.35. The van der Waals surface area contributed by atoms with E-state index in [1.165, 1.54) is 16.6 Å². The summed E-state index contributed by atoms with van der Waals surface area (Å²) >= 11 is 0. The summed E-state index contributed by atoms with van der Waals surface area (Å²) in [5.41, 5.74) is 5.00. The van der Waals surface area contributed by atoms with E-state index in [9.17, 15) is 0 Å². The van der Waals surface area contributed by atoms with E-state index in [-0.39, 0.29) is 0 Å². The SMILES string of the molecule is CCNC(C)CC(C)n1cnc2cc(C)c(C)cc21. The molecule has 0 radical (unpaired) electrons. The summed E-state index contributed by atoms with van der Waals surface area (Å²) in [6.07, 6.45) is 3.10. The van der Waals surface area contributed by atoms with E-state index in [4.69, 9.17) is 0 Å². The lowest BCUT2D eigenvalue weighted by Crippen LogP contribution is -2.28. The number of aryl methyl sites for hydroxylation is 2. The van der Waals surface area contributed by atoms with E-state index in [1.54, 1.807) is 0 Å². The molecule has 0 aliphatic rings. The third-order valence-electron chi connectivity index (χ3n) is 3.91. The van der Waals surface area contributed by atoms with Gasteiger partial charge in [-0.2, -0.15) is 0 Å². The van der Waals surface area contributed by atoms with E-state index in [0.29, 0.717) is 12.1 Å². The molecule has 2 atom stereocenters. The molecule has 1 N–H and O–H groups in total. The third-order valence-corrected chi connectivity index (χ3v) is 3.91. The van der Waals surface area contributed by atoms with Crippen LogP contribution in [0.4, 0.5) is 0 Å². The van der Waals surface area contributed by atoms with Crippen LogP contribution >= 0.6 is 0 Å². The topological polar surface area (TPSA) is 29.9 Å². The Morgan fingerprint density at radius 3 is 2.58 bits per heavy atom. The van der Waals surface area contributed by atoms with Crippen molar-refractivity contribution in [1.82, 2.24) is 14.9 Å². The molecule has 0 aliphatic heterocycles. The highest BCUT2D eigenvalue weighted by Gasteiger charge is 2.13. The van der Waals surface area contributed by atoms with Gasteiger partial charge in [0.25, 0.3) is 0 Å². The molecule has 0 spiro atoms. The summed E-state index contributed by atoms with van der Waals surface area (Å²) in [5.74, 6) is 0. The van der Waals surface area contributed by atoms with E-state index >= 15 is 0 Å². The summed E-state index contributed by atoms with van der Waals surface area (Å²) in [6, 6.07) is 5.43. The number of rotatable bonds is 5. The summed E-state index contributed by atoms with van der Waals surface area (Å²) in [4.78, 5) is 4.54. The molecule has 1 heterocycles. The van der Waals surface area contributed by atoms with Crippen molar-refractivity contribution in [3.63, 3.8) is 0 Å². The van der Waals surface area contributed by atoms with Crippen LogP contribution in [0.1, 0.15) is 44.4 Å². The molecule has 2 aromatic rings. The Morgan fingerprint density at radius 2 is 1.89 bits per heavy atom. The minimum Gasteiger partial charge on any atom is -0.328 e. The Balaban J connectivity index is 2.27. The predicted molar refractivity (Wildman–Crippen MR) is 81.7 cm³/mol. The zero-order valence-electron chi connectivity index (χ0n) is 12.7. The van der Waals surface area contributed by atoms with Crippen molar-refractivity contribution in [1.29, 1.82) is 0 Å². The molecule has 1 aromatic heterocycles. The van der Waals surface area contributed by atoms with E-state index in [1.807, 2.05) is 6.33 Å². The van der Waals surface area contributed by atoms with Crippen molar-refractivity contribution in [2.75, 3.05) is 6.54 Å². The lowest BCUT2D eigenvalue weighted by atomic mass is 10.1. The summed E-state index contributed by atoms with van der Waals surface area (Å²) in [7, 11) is 0. The Kier molecular flexibility index (Phi) is 4.25. The first-order valence-electron chi connectivity index (χ1n) is 7.20. The number of nitrogens with one attached hydrogen (secondary N) is 1. The van der Waals surface area contributed by atoms with Gasteiger partial charge < -0.3 is 9.88 Å². The molecule has 0 saturated heterocycles. The molecule has 0 amide bonds. The second kappa shape index (κ2) is 5.74. The molecular weight excluding hydrogens is 234 g/mol. The first-order valence-corrected chi connectivity index (χ1v) is 7.20. The van der Waals surface area contributed by atoms with E-state index in [0.717, 1.165) is 18.5 Å². The molecule has 19 heavy (non-hydrogen) atoms. The lowest BCUT2D eigenvalue weighted by molar-refractivity contribution is 0.425. The van der Waals surface area contributed by atoms with Gasteiger partial charge >= 0.3 is 0 Å². The van der Waals surface area contributed by atoms with Gasteiger partial charge in [0.2, 0.25) is 0 Å². The van der Waals surface area contributed by atoms with Crippen molar-refractivity contribution >= 4 is 11.0 Å². The number of nitrogens with zero attached hydrogens (tertiary/aromatic N) is 2. The van der Waals surface area contributed by atoms with Gasteiger partial charge in [-0.3, -0.25) is 0 Å². The zero-order valence-corrected chi connectivity index (χ0v) is 12.7. The van der Waals surface area contributed by atoms with Gasteiger partial charge in [-0.1, -0.05) is 6.92 Å². The van der Waals surface area contributed by atoms with Crippen LogP contribution in [-0.2, 0) is 0 Å². The molecule has 104 valence electrons. The summed E-state index contributed by atoms with van der Waals surface area (Å²) in [5, 5.41) is 3.47. The van der Waals surface area contributed by atoms with Gasteiger partial charge in [-0.15, -0.1) is 0 Å². The van der Waals surface area contributed by atoms with Crippen LogP contribution < -0.4 is 5.32 Å². The van der Waals surface area contributed by atoms with Crippen molar-refractivity contribution in [2.24, 2.45) is 0 Å². The average molecular weight is 259 g/mol. The number of aromatic nitrogens is 2. The van der Waals surface area contributed by atoms with Crippen LogP contribution in [0.2, 0.25) is 0 Å². The lowest BCUT2D eigenvalue weighted by Gasteiger charge is -2.20. The van der Waals surface area contributed by atoms with Gasteiger partial charge in [0.1, 0.15) is 0 Å². The zero-order chi connectivity index (χ0) is 14.0. The van der Waals surface area contributed by atoms with Crippen LogP contribution in [0.15, 0.2) is 18.5 Å².